The molecule has 0 aliphatic heterocycles. The van der Waals surface area contributed by atoms with Crippen molar-refractivity contribution in [2.45, 2.75) is 38.8 Å². The lowest BCUT2D eigenvalue weighted by Crippen LogP contribution is -2.36. The Hall–Kier alpha value is -2.60. The van der Waals surface area contributed by atoms with Gasteiger partial charge < -0.3 is 9.88 Å². The van der Waals surface area contributed by atoms with Crippen LogP contribution in [0.15, 0.2) is 41.3 Å². The molecule has 0 bridgehead atoms. The zero-order valence-electron chi connectivity index (χ0n) is 14.9. The summed E-state index contributed by atoms with van der Waals surface area (Å²) >= 11 is 6.07. The highest BCUT2D eigenvalue weighted by atomic mass is 35.5. The van der Waals surface area contributed by atoms with Crippen molar-refractivity contribution in [2.24, 2.45) is 0 Å². The highest BCUT2D eigenvalue weighted by molar-refractivity contribution is 6.31. The number of halogens is 1. The van der Waals surface area contributed by atoms with E-state index in [0.29, 0.717) is 18.1 Å². The maximum Gasteiger partial charge on any atom is 0.267 e. The highest BCUT2D eigenvalue weighted by Crippen LogP contribution is 2.20. The third-order valence-electron chi connectivity index (χ3n) is 4.98. The van der Waals surface area contributed by atoms with Crippen molar-refractivity contribution in [2.75, 3.05) is 6.54 Å². The summed E-state index contributed by atoms with van der Waals surface area (Å²) in [5.41, 5.74) is 2.80. The number of amides is 1. The van der Waals surface area contributed by atoms with E-state index in [-0.39, 0.29) is 18.0 Å². The first-order valence-electron chi connectivity index (χ1n) is 9.21. The van der Waals surface area contributed by atoms with E-state index < -0.39 is 0 Å². The number of nitrogens with zero attached hydrogens (tertiary/aromatic N) is 3. The predicted molar refractivity (Wildman–Crippen MR) is 105 cm³/mol. The summed E-state index contributed by atoms with van der Waals surface area (Å²) in [7, 11) is 0. The fourth-order valence-corrected chi connectivity index (χ4v) is 3.74. The third kappa shape index (κ3) is 3.90. The fourth-order valence-electron chi connectivity index (χ4n) is 3.57. The van der Waals surface area contributed by atoms with Crippen LogP contribution in [-0.2, 0) is 30.7 Å². The number of fused-ring (bicyclic) bond motifs is 2. The van der Waals surface area contributed by atoms with Crippen molar-refractivity contribution in [3.05, 3.63) is 63.2 Å². The first-order chi connectivity index (χ1) is 13.1. The Morgan fingerprint density at radius 3 is 2.93 bits per heavy atom. The van der Waals surface area contributed by atoms with Crippen LogP contribution in [0.25, 0.3) is 10.9 Å². The van der Waals surface area contributed by atoms with Gasteiger partial charge in [0.25, 0.3) is 5.56 Å². The quantitative estimate of drug-likeness (QED) is 0.735. The van der Waals surface area contributed by atoms with Crippen LogP contribution in [0.4, 0.5) is 0 Å². The van der Waals surface area contributed by atoms with E-state index in [4.69, 9.17) is 11.6 Å². The molecule has 0 saturated heterocycles. The summed E-state index contributed by atoms with van der Waals surface area (Å²) in [5.74, 6) is -0.213. The van der Waals surface area contributed by atoms with Crippen LogP contribution in [0.5, 0.6) is 0 Å². The number of rotatable bonds is 5. The van der Waals surface area contributed by atoms with E-state index in [1.54, 1.807) is 6.07 Å². The van der Waals surface area contributed by atoms with Crippen LogP contribution < -0.4 is 10.9 Å². The number of carbonyl (C=O) groups is 1. The number of carbonyl (C=O) groups excluding carboxylic acids is 1. The molecule has 1 aliphatic rings. The molecule has 1 aromatic carbocycles. The van der Waals surface area contributed by atoms with E-state index in [2.05, 4.69) is 10.4 Å². The van der Waals surface area contributed by atoms with E-state index in [0.717, 1.165) is 47.8 Å². The molecule has 27 heavy (non-hydrogen) atoms. The summed E-state index contributed by atoms with van der Waals surface area (Å²) < 4.78 is 3.31. The second kappa shape index (κ2) is 7.56. The fraction of sp³-hybridized carbons (Fsp3) is 0.350. The number of nitrogens with one attached hydrogen (secondary N) is 1. The average Bonchev–Trinajstić information content (AvgIpc) is 3.04. The number of aromatic nitrogens is 3. The molecule has 2 aromatic heterocycles. The van der Waals surface area contributed by atoms with Gasteiger partial charge >= 0.3 is 0 Å². The Kier molecular flexibility index (Phi) is 4.99. The van der Waals surface area contributed by atoms with Gasteiger partial charge in [-0.1, -0.05) is 17.7 Å². The molecule has 0 atom stereocenters. The van der Waals surface area contributed by atoms with Crippen LogP contribution in [-0.4, -0.2) is 26.8 Å². The first kappa shape index (κ1) is 17.8. The van der Waals surface area contributed by atoms with E-state index >= 15 is 0 Å². The standard InChI is InChI=1S/C20H21ClN4O2/c21-16-6-5-14-7-9-24(18(14)12-16)10-8-22-19(26)13-25-20(27)11-15-3-1-2-4-17(15)23-25/h5-7,9,11-12H,1-4,8,10,13H2,(H,22,26). The lowest BCUT2D eigenvalue weighted by molar-refractivity contribution is -0.121. The number of benzene rings is 1. The molecule has 140 valence electrons. The average molecular weight is 385 g/mol. The third-order valence-corrected chi connectivity index (χ3v) is 5.21. The molecule has 7 heteroatoms. The van der Waals surface area contributed by atoms with Crippen molar-refractivity contribution in [1.82, 2.24) is 19.7 Å². The molecule has 6 nitrogen and oxygen atoms in total. The smallest absolute Gasteiger partial charge is 0.267 e. The molecule has 3 aromatic rings. The molecule has 0 saturated carbocycles. The molecule has 1 N–H and O–H groups in total. The van der Waals surface area contributed by atoms with Gasteiger partial charge in [0.15, 0.2) is 0 Å². The lowest BCUT2D eigenvalue weighted by atomic mass is 9.97. The lowest BCUT2D eigenvalue weighted by Gasteiger charge is -2.15. The van der Waals surface area contributed by atoms with Gasteiger partial charge in [0, 0.05) is 35.9 Å². The van der Waals surface area contributed by atoms with E-state index in [1.165, 1.54) is 4.68 Å². The van der Waals surface area contributed by atoms with Gasteiger partial charge in [-0.2, -0.15) is 5.10 Å². The van der Waals surface area contributed by atoms with Gasteiger partial charge in [-0.05, 0) is 54.8 Å². The highest BCUT2D eigenvalue weighted by Gasteiger charge is 2.14. The summed E-state index contributed by atoms with van der Waals surface area (Å²) in [4.78, 5) is 24.4. The van der Waals surface area contributed by atoms with Crippen molar-refractivity contribution >= 4 is 28.4 Å². The predicted octanol–water partition coefficient (Wildman–Crippen LogP) is 2.55. The Labute approximate surface area is 161 Å². The molecule has 1 amide bonds. The molecule has 1 aliphatic carbocycles. The maximum absolute atomic E-state index is 12.2. The molecule has 0 unspecified atom stereocenters. The number of hydrogen-bond donors (Lipinski definition) is 1. The topological polar surface area (TPSA) is 68.9 Å². The van der Waals surface area contributed by atoms with Crippen LogP contribution in [0.3, 0.4) is 0 Å². The van der Waals surface area contributed by atoms with Crippen molar-refractivity contribution < 1.29 is 4.79 Å². The van der Waals surface area contributed by atoms with Crippen LogP contribution in [0.1, 0.15) is 24.1 Å². The molecule has 0 radical (unpaired) electrons. The minimum absolute atomic E-state index is 0.0512. The van der Waals surface area contributed by atoms with Crippen molar-refractivity contribution in [3.8, 4) is 0 Å². The maximum atomic E-state index is 12.2. The zero-order chi connectivity index (χ0) is 18.8. The summed E-state index contributed by atoms with van der Waals surface area (Å²) in [6, 6.07) is 9.39. The molecule has 2 heterocycles. The number of hydrogen-bond acceptors (Lipinski definition) is 3. The Morgan fingerprint density at radius 1 is 1.19 bits per heavy atom. The Balaban J connectivity index is 1.37. The van der Waals surface area contributed by atoms with Crippen LogP contribution >= 0.6 is 11.6 Å². The van der Waals surface area contributed by atoms with Crippen LogP contribution in [0, 0.1) is 0 Å². The first-order valence-corrected chi connectivity index (χ1v) is 9.59. The van der Waals surface area contributed by atoms with Gasteiger partial charge in [-0.25, -0.2) is 4.68 Å². The molecular weight excluding hydrogens is 364 g/mol. The molecule has 0 fully saturated rings. The van der Waals surface area contributed by atoms with Gasteiger partial charge in [0.1, 0.15) is 6.54 Å². The zero-order valence-corrected chi connectivity index (χ0v) is 15.7. The Bertz CT molecular complexity index is 1050. The SMILES string of the molecule is O=C(Cn1nc2c(cc1=O)CCCC2)NCCn1ccc2ccc(Cl)cc21. The van der Waals surface area contributed by atoms with Gasteiger partial charge in [0.2, 0.25) is 5.91 Å². The van der Waals surface area contributed by atoms with Gasteiger partial charge in [0.05, 0.1) is 5.69 Å². The summed E-state index contributed by atoms with van der Waals surface area (Å²) in [6.07, 6.45) is 5.93. The second-order valence-corrected chi connectivity index (χ2v) is 7.32. The summed E-state index contributed by atoms with van der Waals surface area (Å²) in [5, 5.41) is 9.04. The van der Waals surface area contributed by atoms with Gasteiger partial charge in [-0.15, -0.1) is 0 Å². The van der Waals surface area contributed by atoms with Gasteiger partial charge in [-0.3, -0.25) is 9.59 Å². The summed E-state index contributed by atoms with van der Waals surface area (Å²) in [6.45, 7) is 1.04. The van der Waals surface area contributed by atoms with Crippen LogP contribution in [0.2, 0.25) is 5.02 Å². The molecule has 4 rings (SSSR count). The van der Waals surface area contributed by atoms with E-state index in [9.17, 15) is 9.59 Å². The largest absolute Gasteiger partial charge is 0.353 e. The van der Waals surface area contributed by atoms with E-state index in [1.807, 2.05) is 35.0 Å². The minimum Gasteiger partial charge on any atom is -0.353 e. The van der Waals surface area contributed by atoms with Crippen molar-refractivity contribution in [1.29, 1.82) is 0 Å². The number of aryl methyl sites for hydroxylation is 2. The normalized spacial score (nSPS) is 13.5. The second-order valence-electron chi connectivity index (χ2n) is 6.88. The molecule has 0 spiro atoms. The monoisotopic (exact) mass is 384 g/mol. The minimum atomic E-state index is -0.213. The Morgan fingerprint density at radius 2 is 2.04 bits per heavy atom. The van der Waals surface area contributed by atoms with Crippen molar-refractivity contribution in [3.63, 3.8) is 0 Å². The molecular formula is C20H21ClN4O2.